The van der Waals surface area contributed by atoms with Crippen molar-refractivity contribution in [1.29, 1.82) is 0 Å². The molecule has 1 aliphatic rings. The summed E-state index contributed by atoms with van der Waals surface area (Å²) in [5.74, 6) is -5.40. The second kappa shape index (κ2) is 6.16. The molecule has 23 heavy (non-hydrogen) atoms. The molecule has 0 saturated heterocycles. The van der Waals surface area contributed by atoms with Gasteiger partial charge in [0.25, 0.3) is 11.8 Å². The van der Waals surface area contributed by atoms with Gasteiger partial charge in [0.1, 0.15) is 6.04 Å². The van der Waals surface area contributed by atoms with Crippen molar-refractivity contribution in [3.63, 3.8) is 0 Å². The van der Waals surface area contributed by atoms with Crippen LogP contribution in [-0.4, -0.2) is 44.9 Å². The molecule has 2 amide bonds. The summed E-state index contributed by atoms with van der Waals surface area (Å²) in [4.78, 5) is 47.1. The van der Waals surface area contributed by atoms with E-state index in [1.807, 2.05) is 0 Å². The minimum atomic E-state index is -1.93. The predicted octanol–water partition coefficient (Wildman–Crippen LogP) is 2.82. The van der Waals surface area contributed by atoms with E-state index >= 15 is 0 Å². The first-order valence-electron chi connectivity index (χ1n) is 5.78. The molecular formula is C12H5Cl4NO6. The van der Waals surface area contributed by atoms with E-state index < -0.39 is 47.3 Å². The molecule has 7 nitrogen and oxygen atoms in total. The normalized spacial score (nSPS) is 14.9. The maximum Gasteiger partial charge on any atom is 0.327 e. The molecule has 1 atom stereocenters. The number of nitrogens with zero attached hydrogens (tertiary/aromatic N) is 1. The molecule has 0 fully saturated rings. The van der Waals surface area contributed by atoms with Crippen LogP contribution in [0.3, 0.4) is 0 Å². The highest BCUT2D eigenvalue weighted by Crippen LogP contribution is 2.45. The maximum absolute atomic E-state index is 12.4. The average molecular weight is 401 g/mol. The summed E-state index contributed by atoms with van der Waals surface area (Å²) < 4.78 is 0. The number of benzene rings is 1. The van der Waals surface area contributed by atoms with Crippen molar-refractivity contribution in [2.45, 2.75) is 12.5 Å². The van der Waals surface area contributed by atoms with Crippen LogP contribution in [0.2, 0.25) is 20.1 Å². The van der Waals surface area contributed by atoms with Gasteiger partial charge in [-0.25, -0.2) is 4.79 Å². The lowest BCUT2D eigenvalue weighted by Gasteiger charge is -2.20. The first-order chi connectivity index (χ1) is 10.6. The summed E-state index contributed by atoms with van der Waals surface area (Å²) in [7, 11) is 0. The van der Waals surface area contributed by atoms with Crippen LogP contribution in [0.5, 0.6) is 0 Å². The Balaban J connectivity index is 2.66. The fourth-order valence-electron chi connectivity index (χ4n) is 2.10. The monoisotopic (exact) mass is 399 g/mol. The van der Waals surface area contributed by atoms with Gasteiger partial charge < -0.3 is 10.2 Å². The lowest BCUT2D eigenvalue weighted by Crippen LogP contribution is -2.46. The van der Waals surface area contributed by atoms with Crippen molar-refractivity contribution in [3.8, 4) is 0 Å². The number of carbonyl (C=O) groups excluding carboxylic acids is 2. The Bertz CT molecular complexity index is 731. The largest absolute Gasteiger partial charge is 0.481 e. The third-order valence-electron chi connectivity index (χ3n) is 3.10. The van der Waals surface area contributed by atoms with E-state index in [1.165, 1.54) is 0 Å². The second-order valence-electron chi connectivity index (χ2n) is 4.44. The Morgan fingerprint density at radius 3 is 1.57 bits per heavy atom. The Hall–Kier alpha value is -1.54. The van der Waals surface area contributed by atoms with E-state index in [4.69, 9.17) is 56.6 Å². The van der Waals surface area contributed by atoms with Crippen molar-refractivity contribution < 1.29 is 29.4 Å². The van der Waals surface area contributed by atoms with Gasteiger partial charge in [-0.15, -0.1) is 0 Å². The molecule has 0 aliphatic carbocycles. The summed E-state index contributed by atoms with van der Waals surface area (Å²) in [5.41, 5.74) is -0.819. The number of carbonyl (C=O) groups is 4. The number of fused-ring (bicyclic) bond motifs is 1. The maximum atomic E-state index is 12.4. The molecule has 0 bridgehead atoms. The first-order valence-corrected chi connectivity index (χ1v) is 7.29. The highest BCUT2D eigenvalue weighted by atomic mass is 35.5. The van der Waals surface area contributed by atoms with E-state index in [-0.39, 0.29) is 25.0 Å². The van der Waals surface area contributed by atoms with Crippen LogP contribution in [0.1, 0.15) is 27.1 Å². The Morgan fingerprint density at radius 1 is 0.870 bits per heavy atom. The van der Waals surface area contributed by atoms with E-state index in [0.29, 0.717) is 0 Å². The van der Waals surface area contributed by atoms with Gasteiger partial charge in [-0.2, -0.15) is 0 Å². The zero-order chi connectivity index (χ0) is 17.6. The van der Waals surface area contributed by atoms with Crippen LogP contribution in [0.15, 0.2) is 0 Å². The number of amides is 2. The molecule has 2 N–H and O–H groups in total. The van der Waals surface area contributed by atoms with Gasteiger partial charge in [-0.3, -0.25) is 19.3 Å². The average Bonchev–Trinajstić information content (AvgIpc) is 2.71. The topological polar surface area (TPSA) is 112 Å². The summed E-state index contributed by atoms with van der Waals surface area (Å²) in [6.45, 7) is 0. The van der Waals surface area contributed by atoms with Crippen molar-refractivity contribution in [1.82, 2.24) is 4.90 Å². The lowest BCUT2D eigenvalue weighted by molar-refractivity contribution is -0.147. The van der Waals surface area contributed by atoms with Gasteiger partial charge in [0, 0.05) is 0 Å². The smallest absolute Gasteiger partial charge is 0.327 e. The molecular weight excluding hydrogens is 396 g/mol. The fourth-order valence-corrected chi connectivity index (χ4v) is 3.12. The Labute approximate surface area is 148 Å². The number of halogens is 4. The summed E-state index contributed by atoms with van der Waals surface area (Å²) in [6.07, 6.45) is -0.989. The van der Waals surface area contributed by atoms with E-state index in [1.54, 1.807) is 0 Å². The highest BCUT2D eigenvalue weighted by molar-refractivity contribution is 6.55. The van der Waals surface area contributed by atoms with Gasteiger partial charge in [-0.05, 0) is 0 Å². The van der Waals surface area contributed by atoms with Gasteiger partial charge in [0.15, 0.2) is 0 Å². The van der Waals surface area contributed by atoms with Crippen molar-refractivity contribution in [2.75, 3.05) is 0 Å². The number of carboxylic acids is 2. The van der Waals surface area contributed by atoms with Crippen molar-refractivity contribution in [3.05, 3.63) is 31.2 Å². The molecule has 0 saturated carbocycles. The predicted molar refractivity (Wildman–Crippen MR) is 80.7 cm³/mol. The van der Waals surface area contributed by atoms with Crippen LogP contribution in [0.25, 0.3) is 0 Å². The molecule has 0 unspecified atom stereocenters. The molecule has 122 valence electrons. The van der Waals surface area contributed by atoms with E-state index in [0.717, 1.165) is 0 Å². The summed E-state index contributed by atoms with van der Waals surface area (Å²) in [5, 5.41) is 16.6. The molecule has 0 spiro atoms. The number of aliphatic carboxylic acids is 2. The second-order valence-corrected chi connectivity index (χ2v) is 5.95. The third-order valence-corrected chi connectivity index (χ3v) is 4.90. The Morgan fingerprint density at radius 2 is 1.26 bits per heavy atom. The zero-order valence-electron chi connectivity index (χ0n) is 10.8. The molecule has 2 rings (SSSR count). The van der Waals surface area contributed by atoms with Crippen LogP contribution in [-0.2, 0) is 9.59 Å². The van der Waals surface area contributed by atoms with E-state index in [9.17, 15) is 19.2 Å². The molecule has 1 aliphatic heterocycles. The molecule has 0 aromatic heterocycles. The Kier molecular flexibility index (Phi) is 4.77. The first kappa shape index (κ1) is 17.8. The summed E-state index contributed by atoms with van der Waals surface area (Å²) in [6, 6.07) is -1.93. The van der Waals surface area contributed by atoms with Gasteiger partial charge in [0.2, 0.25) is 0 Å². The number of carboxylic acid groups (broad SMARTS) is 2. The van der Waals surface area contributed by atoms with Gasteiger partial charge in [0.05, 0.1) is 37.6 Å². The molecule has 1 aromatic carbocycles. The third kappa shape index (κ3) is 2.74. The van der Waals surface area contributed by atoms with Crippen LogP contribution < -0.4 is 0 Å². The zero-order valence-corrected chi connectivity index (χ0v) is 13.8. The van der Waals surface area contributed by atoms with Crippen molar-refractivity contribution >= 4 is 70.2 Å². The minimum Gasteiger partial charge on any atom is -0.481 e. The molecule has 1 aromatic rings. The standard InChI is InChI=1S/C12H5Cl4NO6/c13-6-4-5(7(14)9(16)8(6)15)11(21)17(10(4)20)2(12(22)23)1-3(18)19/h2H,1H2,(H,18,19)(H,22,23)/t2-/m1/s1. The van der Waals surface area contributed by atoms with Crippen LogP contribution in [0.4, 0.5) is 0 Å². The van der Waals surface area contributed by atoms with Crippen molar-refractivity contribution in [2.24, 2.45) is 0 Å². The van der Waals surface area contributed by atoms with Gasteiger partial charge >= 0.3 is 11.9 Å². The highest BCUT2D eigenvalue weighted by Gasteiger charge is 2.47. The number of imide groups is 1. The number of hydrogen-bond donors (Lipinski definition) is 2. The molecule has 1 heterocycles. The lowest BCUT2D eigenvalue weighted by atomic mass is 10.1. The summed E-state index contributed by atoms with van der Waals surface area (Å²) >= 11 is 23.4. The van der Waals surface area contributed by atoms with Gasteiger partial charge in [-0.1, -0.05) is 46.4 Å². The fraction of sp³-hybridized carbons (Fsp3) is 0.167. The number of hydrogen-bond acceptors (Lipinski definition) is 4. The molecule has 11 heteroatoms. The van der Waals surface area contributed by atoms with E-state index in [2.05, 4.69) is 0 Å². The SMILES string of the molecule is O=C(O)C[C@H](C(=O)O)N1C(=O)c2c(Cl)c(Cl)c(Cl)c(Cl)c2C1=O. The van der Waals surface area contributed by atoms with Crippen LogP contribution >= 0.6 is 46.4 Å². The minimum absolute atomic E-state index is 0.269. The van der Waals surface area contributed by atoms with Crippen LogP contribution in [0, 0.1) is 0 Å². The molecule has 0 radical (unpaired) electrons. The quantitative estimate of drug-likeness (QED) is 0.456. The number of rotatable bonds is 4.